The number of hydrogen-bond donors (Lipinski definition) is 1. The van der Waals surface area contributed by atoms with E-state index < -0.39 is 0 Å². The van der Waals surface area contributed by atoms with Crippen molar-refractivity contribution in [3.63, 3.8) is 0 Å². The molecule has 4 heterocycles. The second-order valence-electron chi connectivity index (χ2n) is 7.27. The molecule has 134 valence electrons. The van der Waals surface area contributed by atoms with Gasteiger partial charge in [0.1, 0.15) is 0 Å². The van der Waals surface area contributed by atoms with Gasteiger partial charge in [-0.2, -0.15) is 5.10 Å². The third kappa shape index (κ3) is 3.30. The Morgan fingerprint density at radius 3 is 2.88 bits per heavy atom. The summed E-state index contributed by atoms with van der Waals surface area (Å²) >= 11 is 0. The van der Waals surface area contributed by atoms with Gasteiger partial charge in [-0.15, -0.1) is 5.10 Å². The summed E-state index contributed by atoms with van der Waals surface area (Å²) < 4.78 is 3.83. The number of carbonyl (C=O) groups is 1. The number of likely N-dealkylation sites (tertiary alicyclic amines) is 1. The third-order valence-corrected chi connectivity index (χ3v) is 5.14. The minimum absolute atomic E-state index is 0.0363. The van der Waals surface area contributed by atoms with Crippen molar-refractivity contribution in [1.29, 1.82) is 0 Å². The average molecular weight is 343 g/mol. The van der Waals surface area contributed by atoms with Crippen LogP contribution in [-0.2, 0) is 6.54 Å². The van der Waals surface area contributed by atoms with Crippen LogP contribution in [-0.4, -0.2) is 61.8 Å². The molecule has 4 rings (SSSR count). The number of nitrogens with zero attached hydrogens (tertiary/aromatic N) is 6. The first-order valence-corrected chi connectivity index (χ1v) is 9.03. The first-order chi connectivity index (χ1) is 12.1. The Morgan fingerprint density at radius 1 is 1.36 bits per heavy atom. The first kappa shape index (κ1) is 16.3. The maximum absolute atomic E-state index is 12.6. The SMILES string of the molecule is Cc1cc(C)n(C2CN(C(=O)c3cn(C[C@@H]4CCCNC4)nn3)C2)n1. The van der Waals surface area contributed by atoms with Crippen LogP contribution in [0.1, 0.15) is 40.8 Å². The monoisotopic (exact) mass is 343 g/mol. The molecule has 2 aromatic rings. The van der Waals surface area contributed by atoms with Crippen LogP contribution in [0.2, 0.25) is 0 Å². The van der Waals surface area contributed by atoms with Crippen molar-refractivity contribution in [2.75, 3.05) is 26.2 Å². The van der Waals surface area contributed by atoms with Crippen LogP contribution < -0.4 is 5.32 Å². The smallest absolute Gasteiger partial charge is 0.276 e. The number of aromatic nitrogens is 5. The first-order valence-electron chi connectivity index (χ1n) is 9.03. The standard InChI is InChI=1S/C17H25N7O/c1-12-6-13(2)24(20-12)15-9-22(10-15)17(25)16-11-23(21-19-16)8-14-4-3-5-18-7-14/h6,11,14-15,18H,3-5,7-10H2,1-2H3/t14-/m1/s1. The molecule has 8 nitrogen and oxygen atoms in total. The van der Waals surface area contributed by atoms with Gasteiger partial charge in [-0.25, -0.2) is 0 Å². The van der Waals surface area contributed by atoms with Gasteiger partial charge in [-0.05, 0) is 51.8 Å². The quantitative estimate of drug-likeness (QED) is 0.888. The summed E-state index contributed by atoms with van der Waals surface area (Å²) in [6, 6.07) is 2.33. The Balaban J connectivity index is 1.34. The average Bonchev–Trinajstić information content (AvgIpc) is 3.14. The van der Waals surface area contributed by atoms with Crippen LogP contribution in [0.25, 0.3) is 0 Å². The number of aryl methyl sites for hydroxylation is 2. The Hall–Kier alpha value is -2.22. The highest BCUT2D eigenvalue weighted by atomic mass is 16.2. The molecule has 2 aliphatic heterocycles. The van der Waals surface area contributed by atoms with Crippen LogP contribution in [0.15, 0.2) is 12.3 Å². The molecule has 2 fully saturated rings. The van der Waals surface area contributed by atoms with Gasteiger partial charge in [-0.3, -0.25) is 14.2 Å². The van der Waals surface area contributed by atoms with Crippen LogP contribution in [0.4, 0.5) is 0 Å². The molecule has 0 bridgehead atoms. The van der Waals surface area contributed by atoms with E-state index in [-0.39, 0.29) is 11.9 Å². The Morgan fingerprint density at radius 2 is 2.20 bits per heavy atom. The molecular formula is C17H25N7O. The molecular weight excluding hydrogens is 318 g/mol. The molecule has 0 aromatic carbocycles. The van der Waals surface area contributed by atoms with Crippen molar-refractivity contribution < 1.29 is 4.79 Å². The van der Waals surface area contributed by atoms with E-state index in [0.717, 1.165) is 31.0 Å². The molecule has 0 radical (unpaired) electrons. The molecule has 0 spiro atoms. The minimum Gasteiger partial charge on any atom is -0.333 e. The zero-order chi connectivity index (χ0) is 17.4. The van der Waals surface area contributed by atoms with Gasteiger partial charge >= 0.3 is 0 Å². The van der Waals surface area contributed by atoms with Crippen molar-refractivity contribution >= 4 is 5.91 Å². The summed E-state index contributed by atoms with van der Waals surface area (Å²) in [6.45, 7) is 8.34. The maximum atomic E-state index is 12.6. The van der Waals surface area contributed by atoms with E-state index in [0.29, 0.717) is 24.7 Å². The summed E-state index contributed by atoms with van der Waals surface area (Å²) in [5.41, 5.74) is 2.60. The number of nitrogens with one attached hydrogen (secondary N) is 1. The molecule has 1 atom stereocenters. The van der Waals surface area contributed by atoms with Gasteiger partial charge in [0.25, 0.3) is 5.91 Å². The Kier molecular flexibility index (Phi) is 4.29. The van der Waals surface area contributed by atoms with Crippen molar-refractivity contribution in [3.05, 3.63) is 29.3 Å². The fourth-order valence-corrected chi connectivity index (χ4v) is 3.78. The lowest BCUT2D eigenvalue weighted by atomic mass is 10.00. The summed E-state index contributed by atoms with van der Waals surface area (Å²) in [7, 11) is 0. The number of carbonyl (C=O) groups excluding carboxylic acids is 1. The van der Waals surface area contributed by atoms with Gasteiger partial charge in [0, 0.05) is 25.3 Å². The highest BCUT2D eigenvalue weighted by Crippen LogP contribution is 2.24. The summed E-state index contributed by atoms with van der Waals surface area (Å²) in [5, 5.41) is 16.1. The number of hydrogen-bond acceptors (Lipinski definition) is 5. The van der Waals surface area contributed by atoms with E-state index >= 15 is 0 Å². The van der Waals surface area contributed by atoms with E-state index in [9.17, 15) is 4.79 Å². The van der Waals surface area contributed by atoms with Crippen LogP contribution in [0.5, 0.6) is 0 Å². The fraction of sp³-hybridized carbons (Fsp3) is 0.647. The molecule has 2 aliphatic rings. The predicted molar refractivity (Wildman–Crippen MR) is 92.3 cm³/mol. The van der Waals surface area contributed by atoms with E-state index in [1.165, 1.54) is 12.8 Å². The van der Waals surface area contributed by atoms with Gasteiger partial charge < -0.3 is 10.2 Å². The highest BCUT2D eigenvalue weighted by Gasteiger charge is 2.34. The van der Waals surface area contributed by atoms with Crippen LogP contribution in [0.3, 0.4) is 0 Å². The Bertz CT molecular complexity index is 753. The van der Waals surface area contributed by atoms with E-state index in [1.54, 1.807) is 6.20 Å². The zero-order valence-corrected chi connectivity index (χ0v) is 14.9. The molecule has 25 heavy (non-hydrogen) atoms. The molecule has 1 N–H and O–H groups in total. The van der Waals surface area contributed by atoms with Gasteiger partial charge in [0.2, 0.25) is 0 Å². The van der Waals surface area contributed by atoms with E-state index in [2.05, 4.69) is 33.7 Å². The van der Waals surface area contributed by atoms with Crippen molar-refractivity contribution in [2.24, 2.45) is 5.92 Å². The van der Waals surface area contributed by atoms with Crippen molar-refractivity contribution in [2.45, 2.75) is 39.3 Å². The molecule has 0 saturated carbocycles. The van der Waals surface area contributed by atoms with Gasteiger partial charge in [0.15, 0.2) is 5.69 Å². The Labute approximate surface area is 147 Å². The number of amides is 1. The zero-order valence-electron chi connectivity index (χ0n) is 14.9. The number of piperidine rings is 1. The fourth-order valence-electron chi connectivity index (χ4n) is 3.78. The second kappa shape index (κ2) is 6.59. The molecule has 2 saturated heterocycles. The van der Waals surface area contributed by atoms with Crippen LogP contribution in [0, 0.1) is 19.8 Å². The molecule has 8 heteroatoms. The molecule has 0 unspecified atom stereocenters. The summed E-state index contributed by atoms with van der Waals surface area (Å²) in [6.07, 6.45) is 4.19. The van der Waals surface area contributed by atoms with Gasteiger partial charge in [0.05, 0.1) is 17.9 Å². The highest BCUT2D eigenvalue weighted by molar-refractivity contribution is 5.92. The molecule has 2 aromatic heterocycles. The van der Waals surface area contributed by atoms with Crippen molar-refractivity contribution in [3.8, 4) is 0 Å². The van der Waals surface area contributed by atoms with Gasteiger partial charge in [-0.1, -0.05) is 5.21 Å². The topological polar surface area (TPSA) is 80.9 Å². The number of rotatable bonds is 4. The normalized spacial score (nSPS) is 21.4. The largest absolute Gasteiger partial charge is 0.333 e. The maximum Gasteiger partial charge on any atom is 0.276 e. The molecule has 0 aliphatic carbocycles. The lowest BCUT2D eigenvalue weighted by Gasteiger charge is -2.39. The summed E-state index contributed by atoms with van der Waals surface area (Å²) in [5.74, 6) is 0.531. The van der Waals surface area contributed by atoms with E-state index in [1.807, 2.05) is 21.2 Å². The second-order valence-corrected chi connectivity index (χ2v) is 7.27. The lowest BCUT2D eigenvalue weighted by Crippen LogP contribution is -2.51. The summed E-state index contributed by atoms with van der Waals surface area (Å²) in [4.78, 5) is 14.4. The predicted octanol–water partition coefficient (Wildman–Crippen LogP) is 0.788. The minimum atomic E-state index is -0.0363. The lowest BCUT2D eigenvalue weighted by molar-refractivity contribution is 0.0491. The van der Waals surface area contributed by atoms with E-state index in [4.69, 9.17) is 0 Å². The molecule has 1 amide bonds. The third-order valence-electron chi connectivity index (χ3n) is 5.14. The van der Waals surface area contributed by atoms with Crippen molar-refractivity contribution in [1.82, 2.24) is 35.0 Å². The van der Waals surface area contributed by atoms with Crippen LogP contribution >= 0.6 is 0 Å².